The Morgan fingerprint density at radius 1 is 1.09 bits per heavy atom. The highest BCUT2D eigenvalue weighted by atomic mass is 19.1. The summed E-state index contributed by atoms with van der Waals surface area (Å²) in [7, 11) is 0. The van der Waals surface area contributed by atoms with E-state index in [9.17, 15) is 9.18 Å². The lowest BCUT2D eigenvalue weighted by Crippen LogP contribution is -2.21. The molecule has 0 bridgehead atoms. The predicted molar refractivity (Wildman–Crippen MR) is 138 cm³/mol. The first-order valence-electron chi connectivity index (χ1n) is 11.8. The van der Waals surface area contributed by atoms with E-state index in [1.165, 1.54) is 38.4 Å². The molecule has 2 aromatic heterocycles. The van der Waals surface area contributed by atoms with Gasteiger partial charge in [-0.3, -0.25) is 14.9 Å². The first-order valence-corrected chi connectivity index (χ1v) is 11.8. The van der Waals surface area contributed by atoms with Crippen LogP contribution >= 0.6 is 0 Å². The van der Waals surface area contributed by atoms with Gasteiger partial charge in [0.25, 0.3) is 0 Å². The van der Waals surface area contributed by atoms with E-state index in [1.54, 1.807) is 36.7 Å². The van der Waals surface area contributed by atoms with E-state index in [-0.39, 0.29) is 0 Å². The number of aromatic amines is 1. The zero-order valence-corrected chi connectivity index (χ0v) is 19.9. The smallest absolute Gasteiger partial charge is 0.248 e. The van der Waals surface area contributed by atoms with Crippen molar-refractivity contribution in [3.8, 4) is 11.3 Å². The molecule has 1 atom stereocenters. The van der Waals surface area contributed by atoms with Gasteiger partial charge < -0.3 is 21.9 Å². The van der Waals surface area contributed by atoms with Crippen LogP contribution in [0, 0.1) is 0 Å². The Labute approximate surface area is 205 Å². The average Bonchev–Trinajstić information content (AvgIpc) is 3.32. The van der Waals surface area contributed by atoms with E-state index in [4.69, 9.17) is 16.6 Å². The van der Waals surface area contributed by atoms with E-state index in [0.29, 0.717) is 24.7 Å². The summed E-state index contributed by atoms with van der Waals surface area (Å²) in [5.41, 5.74) is 13.4. The molecule has 188 valence electrons. The minimum absolute atomic E-state index is 0.446. The van der Waals surface area contributed by atoms with Gasteiger partial charge in [-0.2, -0.15) is 5.10 Å². The standard InChI is InChI=1S/C13H10N4O.C8H14FNO.C5H11N/c14-13(18)9-1-2-11-10(7-9)12(17-16-11)8-3-5-15-6-4-8;9-7-5-3-1-2-4-6-8(10)11;1-2-4-6-5-3-1/h1-7H,(H2,14,18)(H,16,17);2,4-5,7-8,11H,1,3,6,10H2;6H,1-5H2/b;4-2+,7-5+;. The molecule has 7 N–H and O–H groups in total. The van der Waals surface area contributed by atoms with Crippen LogP contribution in [0.4, 0.5) is 4.39 Å². The Balaban J connectivity index is 0.000000216. The maximum atomic E-state index is 11.4. The number of primary amides is 1. The van der Waals surface area contributed by atoms with Gasteiger partial charge in [0.15, 0.2) is 0 Å². The molecule has 1 aliphatic rings. The molecule has 0 aliphatic carbocycles. The van der Waals surface area contributed by atoms with Crippen molar-refractivity contribution in [2.45, 2.75) is 44.8 Å². The number of unbranched alkanes of at least 4 members (excludes halogenated alkanes) is 1. The van der Waals surface area contributed by atoms with Crippen LogP contribution in [0.15, 0.2) is 67.3 Å². The van der Waals surface area contributed by atoms with Crippen LogP contribution in [0.2, 0.25) is 0 Å². The quantitative estimate of drug-likeness (QED) is 0.196. The van der Waals surface area contributed by atoms with Gasteiger partial charge in [-0.1, -0.05) is 24.6 Å². The summed E-state index contributed by atoms with van der Waals surface area (Å²) >= 11 is 0. The SMILES string of the molecule is C1CCNCC1.NC(=O)c1ccc2[nH]nc(-c3ccncc3)c2c1.NC(O)C/C=C/CC/C=C/F. The van der Waals surface area contributed by atoms with E-state index in [0.717, 1.165) is 28.6 Å². The van der Waals surface area contributed by atoms with E-state index < -0.39 is 12.1 Å². The molecule has 1 saturated heterocycles. The molecule has 3 heterocycles. The fraction of sp³-hybridized carbons (Fsp3) is 0.346. The second kappa shape index (κ2) is 16.3. The van der Waals surface area contributed by atoms with Crippen LogP contribution in [0.3, 0.4) is 0 Å². The van der Waals surface area contributed by atoms with Gasteiger partial charge in [0.1, 0.15) is 11.9 Å². The highest BCUT2D eigenvalue weighted by Gasteiger charge is 2.10. The lowest BCUT2D eigenvalue weighted by atomic mass is 10.1. The number of pyridine rings is 1. The van der Waals surface area contributed by atoms with Crippen molar-refractivity contribution in [2.24, 2.45) is 11.5 Å². The predicted octanol–water partition coefficient (Wildman–Crippen LogP) is 3.96. The molecule has 3 aromatic rings. The third kappa shape index (κ3) is 10.6. The van der Waals surface area contributed by atoms with E-state index in [2.05, 4.69) is 20.5 Å². The first-order chi connectivity index (χ1) is 17.0. The third-order valence-electron chi connectivity index (χ3n) is 5.14. The number of nitrogens with one attached hydrogen (secondary N) is 2. The maximum absolute atomic E-state index is 11.4. The van der Waals surface area contributed by atoms with Gasteiger partial charge in [-0.25, -0.2) is 4.39 Å². The Morgan fingerprint density at radius 3 is 2.37 bits per heavy atom. The number of hydrogen-bond donors (Lipinski definition) is 5. The number of piperidine rings is 1. The van der Waals surface area contributed by atoms with Gasteiger partial charge in [-0.15, -0.1) is 0 Å². The minimum atomic E-state index is -0.775. The van der Waals surface area contributed by atoms with Crippen LogP contribution in [0.5, 0.6) is 0 Å². The molecule has 1 fully saturated rings. The van der Waals surface area contributed by atoms with Crippen LogP contribution in [0.1, 0.15) is 48.9 Å². The van der Waals surface area contributed by atoms with Crippen molar-refractivity contribution in [3.05, 3.63) is 72.8 Å². The Hall–Kier alpha value is -3.40. The highest BCUT2D eigenvalue weighted by Crippen LogP contribution is 2.26. The van der Waals surface area contributed by atoms with Gasteiger partial charge >= 0.3 is 0 Å². The van der Waals surface area contributed by atoms with Crippen LogP contribution in [-0.2, 0) is 0 Å². The number of halogens is 1. The number of aliphatic hydroxyl groups is 1. The second-order valence-electron chi connectivity index (χ2n) is 7.96. The molecule has 8 nitrogen and oxygen atoms in total. The number of nitrogens with zero attached hydrogens (tertiary/aromatic N) is 2. The molecule has 1 aliphatic heterocycles. The van der Waals surface area contributed by atoms with Gasteiger partial charge in [0.2, 0.25) is 5.91 Å². The summed E-state index contributed by atoms with van der Waals surface area (Å²) in [4.78, 5) is 15.2. The van der Waals surface area contributed by atoms with Crippen molar-refractivity contribution >= 4 is 16.8 Å². The number of fused-ring (bicyclic) bond motifs is 1. The number of carbonyl (C=O) groups is 1. The van der Waals surface area contributed by atoms with E-state index in [1.807, 2.05) is 18.2 Å². The normalized spacial score (nSPS) is 14.3. The molecule has 0 radical (unpaired) electrons. The minimum Gasteiger partial charge on any atom is -0.379 e. The fourth-order valence-electron chi connectivity index (χ4n) is 3.31. The zero-order chi connectivity index (χ0) is 25.3. The summed E-state index contributed by atoms with van der Waals surface area (Å²) < 4.78 is 11.4. The van der Waals surface area contributed by atoms with Gasteiger partial charge in [0, 0.05) is 35.3 Å². The Kier molecular flexibility index (Phi) is 12.9. The van der Waals surface area contributed by atoms with Gasteiger partial charge in [0.05, 0.1) is 11.8 Å². The topological polar surface area (TPSA) is 143 Å². The number of rotatable bonds is 7. The molecular formula is C26H35FN6O2. The molecule has 1 unspecified atom stereocenters. The summed E-state index contributed by atoms with van der Waals surface area (Å²) in [6.07, 6.45) is 14.4. The molecule has 1 aromatic carbocycles. The van der Waals surface area contributed by atoms with Crippen molar-refractivity contribution in [2.75, 3.05) is 13.1 Å². The fourth-order valence-corrected chi connectivity index (χ4v) is 3.31. The number of allylic oxidation sites excluding steroid dienone is 2. The monoisotopic (exact) mass is 482 g/mol. The van der Waals surface area contributed by atoms with Crippen molar-refractivity contribution in [1.29, 1.82) is 0 Å². The summed E-state index contributed by atoms with van der Waals surface area (Å²) in [6, 6.07) is 8.96. The number of carbonyl (C=O) groups excluding carboxylic acids is 1. The maximum Gasteiger partial charge on any atom is 0.248 e. The molecular weight excluding hydrogens is 447 g/mol. The number of aromatic nitrogens is 3. The van der Waals surface area contributed by atoms with Crippen molar-refractivity contribution < 1.29 is 14.3 Å². The number of benzene rings is 1. The number of H-pyrrole nitrogens is 1. The summed E-state index contributed by atoms with van der Waals surface area (Å²) in [5, 5.41) is 20.0. The van der Waals surface area contributed by atoms with Crippen molar-refractivity contribution in [3.63, 3.8) is 0 Å². The summed E-state index contributed by atoms with van der Waals surface area (Å²) in [6.45, 7) is 2.50. The van der Waals surface area contributed by atoms with Crippen molar-refractivity contribution in [1.82, 2.24) is 20.5 Å². The van der Waals surface area contributed by atoms with Crippen LogP contribution in [0.25, 0.3) is 22.2 Å². The van der Waals surface area contributed by atoms with E-state index >= 15 is 0 Å². The third-order valence-corrected chi connectivity index (χ3v) is 5.14. The molecule has 35 heavy (non-hydrogen) atoms. The zero-order valence-electron chi connectivity index (χ0n) is 19.9. The summed E-state index contributed by atoms with van der Waals surface area (Å²) in [5.74, 6) is -0.446. The molecule has 4 rings (SSSR count). The lowest BCUT2D eigenvalue weighted by molar-refractivity contribution is 0.100. The molecule has 0 spiro atoms. The number of aliphatic hydroxyl groups excluding tert-OH is 1. The van der Waals surface area contributed by atoms with Gasteiger partial charge in [-0.05, 0) is 69.1 Å². The highest BCUT2D eigenvalue weighted by molar-refractivity contribution is 6.00. The molecule has 0 saturated carbocycles. The second-order valence-corrected chi connectivity index (χ2v) is 7.96. The largest absolute Gasteiger partial charge is 0.379 e. The Bertz CT molecular complexity index is 1050. The number of nitrogens with two attached hydrogens (primary N) is 2. The first kappa shape index (κ1) is 27.8. The lowest BCUT2D eigenvalue weighted by Gasteiger charge is -2.08. The number of amides is 1. The molecule has 9 heteroatoms. The van der Waals surface area contributed by atoms with Crippen LogP contribution in [-0.4, -0.2) is 45.5 Å². The Morgan fingerprint density at radius 2 is 1.80 bits per heavy atom. The number of hydrogen-bond acceptors (Lipinski definition) is 6. The molecule has 1 amide bonds. The average molecular weight is 483 g/mol. The van der Waals surface area contributed by atoms with Crippen LogP contribution < -0.4 is 16.8 Å².